The number of aromatic nitrogens is 4. The van der Waals surface area contributed by atoms with Crippen LogP contribution in [0.2, 0.25) is 0 Å². The van der Waals surface area contributed by atoms with Gasteiger partial charge in [-0.1, -0.05) is 12.1 Å². The van der Waals surface area contributed by atoms with Gasteiger partial charge in [0.2, 0.25) is 0 Å². The van der Waals surface area contributed by atoms with E-state index in [4.69, 9.17) is 4.98 Å². The lowest BCUT2D eigenvalue weighted by Crippen LogP contribution is -2.71. The molecule has 0 bridgehead atoms. The number of H-pyrrole nitrogens is 1. The van der Waals surface area contributed by atoms with E-state index in [0.717, 1.165) is 82.3 Å². The Morgan fingerprint density at radius 3 is 2.45 bits per heavy atom. The van der Waals surface area contributed by atoms with Crippen LogP contribution in [0, 0.1) is 5.41 Å². The van der Waals surface area contributed by atoms with Crippen LogP contribution < -0.4 is 20.9 Å². The summed E-state index contributed by atoms with van der Waals surface area (Å²) in [5.41, 5.74) is 9.68. The Bertz CT molecular complexity index is 1850. The maximum atomic E-state index is 4.86. The zero-order valence-corrected chi connectivity index (χ0v) is 21.9. The van der Waals surface area contributed by atoms with Gasteiger partial charge in [-0.3, -0.25) is 9.97 Å². The molecule has 4 N–H and O–H groups in total. The van der Waals surface area contributed by atoms with E-state index in [1.165, 1.54) is 5.69 Å². The first-order chi connectivity index (χ1) is 19.7. The molecule has 0 radical (unpaired) electrons. The normalized spacial score (nSPS) is 15.7. The zero-order valence-electron chi connectivity index (χ0n) is 21.9. The third-order valence-corrected chi connectivity index (χ3v) is 8.01. The molecule has 0 amide bonds. The first kappa shape index (κ1) is 23.0. The first-order valence-electron chi connectivity index (χ1n) is 13.6. The average Bonchev–Trinajstić information content (AvgIpc) is 3.36. The van der Waals surface area contributed by atoms with E-state index >= 15 is 0 Å². The van der Waals surface area contributed by atoms with E-state index in [2.05, 4.69) is 84.3 Å². The van der Waals surface area contributed by atoms with E-state index in [1.54, 1.807) is 12.4 Å². The number of aromatic amines is 1. The lowest BCUT2D eigenvalue weighted by Gasteiger charge is -2.57. The van der Waals surface area contributed by atoms with Crippen LogP contribution in [0.15, 0.2) is 97.5 Å². The number of hydrogen-bond donors (Lipinski definition) is 4. The summed E-state index contributed by atoms with van der Waals surface area (Å²) in [7, 11) is 0. The molecule has 0 aliphatic carbocycles. The maximum Gasteiger partial charge on any atom is 0.138 e. The number of fused-ring (bicyclic) bond motifs is 2. The van der Waals surface area contributed by atoms with Crippen molar-refractivity contribution in [3.63, 3.8) is 0 Å². The number of nitrogens with one attached hydrogen (secondary N) is 4. The average molecular weight is 525 g/mol. The van der Waals surface area contributed by atoms with Crippen molar-refractivity contribution in [1.29, 1.82) is 0 Å². The number of anilines is 5. The maximum absolute atomic E-state index is 4.86. The molecule has 8 heteroatoms. The van der Waals surface area contributed by atoms with Crippen LogP contribution in [0.3, 0.4) is 0 Å². The highest BCUT2D eigenvalue weighted by Gasteiger charge is 2.47. The summed E-state index contributed by atoms with van der Waals surface area (Å²) >= 11 is 0. The summed E-state index contributed by atoms with van der Waals surface area (Å²) in [5, 5.41) is 11.6. The second kappa shape index (κ2) is 9.07. The molecule has 0 atom stereocenters. The molecule has 3 aromatic heterocycles. The van der Waals surface area contributed by atoms with E-state index in [1.807, 2.05) is 36.5 Å². The van der Waals surface area contributed by atoms with Crippen LogP contribution in [-0.2, 0) is 0 Å². The Morgan fingerprint density at radius 2 is 1.60 bits per heavy atom. The lowest BCUT2D eigenvalue weighted by atomic mass is 9.74. The molecule has 3 aromatic carbocycles. The third kappa shape index (κ3) is 4.10. The summed E-state index contributed by atoms with van der Waals surface area (Å²) in [5.74, 6) is 0.832. The molecular formula is C32H28N8. The molecule has 0 unspecified atom stereocenters. The van der Waals surface area contributed by atoms with Crippen molar-refractivity contribution in [3.05, 3.63) is 97.5 Å². The Balaban J connectivity index is 1.06. The molecule has 2 aliphatic heterocycles. The van der Waals surface area contributed by atoms with Crippen LogP contribution in [0.1, 0.15) is 0 Å². The van der Waals surface area contributed by atoms with Crippen molar-refractivity contribution in [2.45, 2.75) is 0 Å². The van der Waals surface area contributed by atoms with Gasteiger partial charge in [-0.25, -0.2) is 4.98 Å². The molecule has 2 fully saturated rings. The molecule has 8 rings (SSSR count). The zero-order chi connectivity index (χ0) is 26.5. The quantitative estimate of drug-likeness (QED) is 0.210. The van der Waals surface area contributed by atoms with Gasteiger partial charge in [0.25, 0.3) is 0 Å². The Labute approximate surface area is 231 Å². The molecule has 6 aromatic rings. The van der Waals surface area contributed by atoms with Gasteiger partial charge in [0.1, 0.15) is 5.82 Å². The van der Waals surface area contributed by atoms with Crippen LogP contribution in [0.5, 0.6) is 0 Å². The molecule has 40 heavy (non-hydrogen) atoms. The van der Waals surface area contributed by atoms with E-state index in [0.29, 0.717) is 5.41 Å². The highest BCUT2D eigenvalue weighted by atomic mass is 15.3. The standard InChI is InChI=1S/C32H28N8/c1-2-21(31-38-29-6-4-24(15-30(29)39-31)36-22-8-11-33-12-9-22)14-23(3-1)37-28-10-13-35-27-7-5-25(16-26(27)28)40-19-32(20-40)17-34-18-32/h1-16,34H,17-20H2,(H,33,36)(H,35,37)(H,38,39). The number of benzene rings is 3. The van der Waals surface area contributed by atoms with Crippen molar-refractivity contribution in [2.24, 2.45) is 5.41 Å². The van der Waals surface area contributed by atoms with Gasteiger partial charge in [-0.15, -0.1) is 0 Å². The van der Waals surface area contributed by atoms with Crippen LogP contribution >= 0.6 is 0 Å². The predicted molar refractivity (Wildman–Crippen MR) is 162 cm³/mol. The molecule has 8 nitrogen and oxygen atoms in total. The number of hydrogen-bond acceptors (Lipinski definition) is 7. The lowest BCUT2D eigenvalue weighted by molar-refractivity contribution is 0.121. The van der Waals surface area contributed by atoms with Gasteiger partial charge < -0.3 is 25.8 Å². The molecule has 0 saturated carbocycles. The molecule has 1 spiro atoms. The Kier molecular flexibility index (Phi) is 5.21. The Morgan fingerprint density at radius 1 is 0.750 bits per heavy atom. The highest BCUT2D eigenvalue weighted by Crippen LogP contribution is 2.39. The molecule has 5 heterocycles. The molecule has 2 aliphatic rings. The second-order valence-corrected chi connectivity index (χ2v) is 10.9. The van der Waals surface area contributed by atoms with Crippen molar-refractivity contribution in [3.8, 4) is 11.4 Å². The fraction of sp³-hybridized carbons (Fsp3) is 0.156. The van der Waals surface area contributed by atoms with Gasteiger partial charge in [-0.2, -0.15) is 0 Å². The van der Waals surface area contributed by atoms with Gasteiger partial charge in [-0.05, 0) is 66.7 Å². The summed E-state index contributed by atoms with van der Waals surface area (Å²) in [6.07, 6.45) is 5.42. The highest BCUT2D eigenvalue weighted by molar-refractivity contribution is 5.95. The number of nitrogens with zero attached hydrogens (tertiary/aromatic N) is 4. The van der Waals surface area contributed by atoms with E-state index < -0.39 is 0 Å². The molecule has 2 saturated heterocycles. The van der Waals surface area contributed by atoms with Crippen molar-refractivity contribution >= 4 is 50.4 Å². The topological polar surface area (TPSA) is 93.8 Å². The fourth-order valence-electron chi connectivity index (χ4n) is 5.81. The Hall–Kier alpha value is -4.95. The van der Waals surface area contributed by atoms with Crippen molar-refractivity contribution in [2.75, 3.05) is 41.7 Å². The minimum absolute atomic E-state index is 0.486. The number of imidazole rings is 1. The van der Waals surface area contributed by atoms with Gasteiger partial charge in [0.15, 0.2) is 0 Å². The summed E-state index contributed by atoms with van der Waals surface area (Å²) < 4.78 is 0. The van der Waals surface area contributed by atoms with Crippen molar-refractivity contribution in [1.82, 2.24) is 25.3 Å². The molecule has 196 valence electrons. The summed E-state index contributed by atoms with van der Waals surface area (Å²) in [6, 6.07) is 27.0. The molecular weight excluding hydrogens is 496 g/mol. The summed E-state index contributed by atoms with van der Waals surface area (Å²) in [6.45, 7) is 4.51. The van der Waals surface area contributed by atoms with Crippen molar-refractivity contribution < 1.29 is 0 Å². The third-order valence-electron chi connectivity index (χ3n) is 8.01. The minimum Gasteiger partial charge on any atom is -0.370 e. The smallest absolute Gasteiger partial charge is 0.138 e. The van der Waals surface area contributed by atoms with Crippen LogP contribution in [0.25, 0.3) is 33.3 Å². The number of pyridine rings is 2. The van der Waals surface area contributed by atoms with Crippen LogP contribution in [0.4, 0.5) is 28.4 Å². The van der Waals surface area contributed by atoms with Gasteiger partial charge >= 0.3 is 0 Å². The van der Waals surface area contributed by atoms with E-state index in [9.17, 15) is 0 Å². The fourth-order valence-corrected chi connectivity index (χ4v) is 5.81. The number of rotatable bonds is 6. The first-order valence-corrected chi connectivity index (χ1v) is 13.6. The summed E-state index contributed by atoms with van der Waals surface area (Å²) in [4.78, 5) is 19.5. The predicted octanol–water partition coefficient (Wildman–Crippen LogP) is 6.07. The largest absolute Gasteiger partial charge is 0.370 e. The van der Waals surface area contributed by atoms with Crippen LogP contribution in [-0.4, -0.2) is 46.1 Å². The van der Waals surface area contributed by atoms with E-state index in [-0.39, 0.29) is 0 Å². The van der Waals surface area contributed by atoms with Gasteiger partial charge in [0.05, 0.1) is 16.6 Å². The monoisotopic (exact) mass is 524 g/mol. The second-order valence-electron chi connectivity index (χ2n) is 10.9. The SMILES string of the molecule is c1cc(Nc2ccnc3ccc(N4CC5(CNC5)C4)cc23)cc(-c2nc3ccc(Nc4ccncc4)cc3[nH]2)c1. The minimum atomic E-state index is 0.486. The van der Waals surface area contributed by atoms with Gasteiger partial charge in [0, 0.05) is 89.6 Å².